The number of carbonyl (C=O) groups is 1. The van der Waals surface area contributed by atoms with Crippen molar-refractivity contribution in [2.45, 2.75) is 6.18 Å². The Labute approximate surface area is 166 Å². The quantitative estimate of drug-likeness (QED) is 0.474. The highest BCUT2D eigenvalue weighted by Crippen LogP contribution is 2.36. The summed E-state index contributed by atoms with van der Waals surface area (Å²) in [6, 6.07) is 10.7. The van der Waals surface area contributed by atoms with Crippen molar-refractivity contribution in [3.05, 3.63) is 74.9 Å². The Morgan fingerprint density at radius 1 is 0.926 bits per heavy atom. The van der Waals surface area contributed by atoms with Crippen LogP contribution in [0, 0.1) is 0 Å². The maximum absolute atomic E-state index is 12.7. The summed E-state index contributed by atoms with van der Waals surface area (Å²) in [4.78, 5) is 12.3. The van der Waals surface area contributed by atoms with E-state index in [1.807, 2.05) is 0 Å². The topological polar surface area (TPSA) is 42.2 Å². The summed E-state index contributed by atoms with van der Waals surface area (Å²) >= 11 is 17.6. The monoisotopic (exact) mass is 433 g/mol. The first-order chi connectivity index (χ1) is 12.6. The number of amides is 1. The van der Waals surface area contributed by atoms with Gasteiger partial charge in [-0.3, -0.25) is 4.79 Å². The maximum atomic E-state index is 12.7. The van der Waals surface area contributed by atoms with Gasteiger partial charge in [-0.25, -0.2) is 0 Å². The average molecular weight is 435 g/mol. The van der Waals surface area contributed by atoms with Crippen LogP contribution < -0.4 is 5.32 Å². The van der Waals surface area contributed by atoms with E-state index in [2.05, 4.69) is 5.32 Å². The van der Waals surface area contributed by atoms with Gasteiger partial charge in [-0.1, -0.05) is 34.8 Å². The molecule has 0 atom stereocenters. The number of hydrogen-bond donors (Lipinski definition) is 1. The molecule has 0 spiro atoms. The standard InChI is InChI=1S/C18H9Cl3F3NO2/c19-9-1-3-11(13(20)7-9)15-5-6-16(27-15)17(26)25-10-2-4-12(14(21)8-10)18(22,23)24/h1-8H,(H,25,26). The van der Waals surface area contributed by atoms with E-state index in [-0.39, 0.29) is 11.4 Å². The second kappa shape index (κ2) is 7.46. The lowest BCUT2D eigenvalue weighted by atomic mass is 10.2. The van der Waals surface area contributed by atoms with Crippen LogP contribution in [0.5, 0.6) is 0 Å². The van der Waals surface area contributed by atoms with E-state index < -0.39 is 22.7 Å². The van der Waals surface area contributed by atoms with Crippen LogP contribution in [0.2, 0.25) is 15.1 Å². The zero-order valence-corrected chi connectivity index (χ0v) is 15.5. The molecule has 0 aliphatic heterocycles. The third kappa shape index (κ3) is 4.40. The lowest BCUT2D eigenvalue weighted by Crippen LogP contribution is -2.12. The number of hydrogen-bond acceptors (Lipinski definition) is 2. The van der Waals surface area contributed by atoms with E-state index in [1.165, 1.54) is 12.1 Å². The van der Waals surface area contributed by atoms with Gasteiger partial charge in [-0.2, -0.15) is 13.2 Å². The van der Waals surface area contributed by atoms with E-state index in [4.69, 9.17) is 39.2 Å². The Kier molecular flexibility index (Phi) is 5.42. The molecule has 3 nitrogen and oxygen atoms in total. The summed E-state index contributed by atoms with van der Waals surface area (Å²) < 4.78 is 43.7. The highest BCUT2D eigenvalue weighted by atomic mass is 35.5. The smallest absolute Gasteiger partial charge is 0.417 e. The van der Waals surface area contributed by atoms with E-state index in [1.54, 1.807) is 18.2 Å². The summed E-state index contributed by atoms with van der Waals surface area (Å²) in [6.07, 6.45) is -4.58. The number of benzene rings is 2. The maximum Gasteiger partial charge on any atom is 0.417 e. The third-order valence-corrected chi connectivity index (χ3v) is 4.42. The van der Waals surface area contributed by atoms with E-state index in [9.17, 15) is 18.0 Å². The van der Waals surface area contributed by atoms with Gasteiger partial charge >= 0.3 is 6.18 Å². The van der Waals surface area contributed by atoms with Crippen LogP contribution in [0.1, 0.15) is 16.1 Å². The zero-order chi connectivity index (χ0) is 19.8. The second-order valence-electron chi connectivity index (χ2n) is 5.43. The minimum absolute atomic E-state index is 0.0490. The van der Waals surface area contributed by atoms with Crippen molar-refractivity contribution in [1.29, 1.82) is 0 Å². The van der Waals surface area contributed by atoms with Crippen molar-refractivity contribution < 1.29 is 22.4 Å². The van der Waals surface area contributed by atoms with Gasteiger partial charge in [0.25, 0.3) is 5.91 Å². The van der Waals surface area contributed by atoms with Crippen molar-refractivity contribution in [2.75, 3.05) is 5.32 Å². The summed E-state index contributed by atoms with van der Waals surface area (Å²) in [5.74, 6) is -0.360. The van der Waals surface area contributed by atoms with Crippen LogP contribution >= 0.6 is 34.8 Å². The number of anilines is 1. The fourth-order valence-corrected chi connectivity index (χ4v) is 3.10. The molecule has 0 aliphatic rings. The summed E-state index contributed by atoms with van der Waals surface area (Å²) in [7, 11) is 0. The van der Waals surface area contributed by atoms with Gasteiger partial charge in [0.05, 0.1) is 15.6 Å². The number of halogens is 6. The van der Waals surface area contributed by atoms with Crippen LogP contribution in [0.25, 0.3) is 11.3 Å². The van der Waals surface area contributed by atoms with Gasteiger partial charge in [-0.05, 0) is 48.5 Å². The molecule has 0 bridgehead atoms. The summed E-state index contributed by atoms with van der Waals surface area (Å²) in [5.41, 5.74) is -0.349. The number of rotatable bonds is 3. The highest BCUT2D eigenvalue weighted by molar-refractivity contribution is 6.36. The van der Waals surface area contributed by atoms with Crippen molar-refractivity contribution in [3.8, 4) is 11.3 Å². The molecule has 1 amide bonds. The van der Waals surface area contributed by atoms with Crippen molar-refractivity contribution in [1.82, 2.24) is 0 Å². The molecule has 3 aromatic rings. The minimum Gasteiger partial charge on any atom is -0.451 e. The van der Waals surface area contributed by atoms with Crippen molar-refractivity contribution in [2.24, 2.45) is 0 Å². The molecule has 3 rings (SSSR count). The molecule has 0 radical (unpaired) electrons. The molecule has 0 saturated heterocycles. The van der Waals surface area contributed by atoms with E-state index in [0.717, 1.165) is 18.2 Å². The molecule has 1 N–H and O–H groups in total. The molecule has 0 saturated carbocycles. The van der Waals surface area contributed by atoms with Gasteiger partial charge < -0.3 is 9.73 Å². The Hall–Kier alpha value is -2.15. The SMILES string of the molecule is O=C(Nc1ccc(C(F)(F)F)c(Cl)c1)c1ccc(-c2ccc(Cl)cc2Cl)o1. The largest absolute Gasteiger partial charge is 0.451 e. The van der Waals surface area contributed by atoms with Crippen LogP contribution in [-0.4, -0.2) is 5.91 Å². The predicted octanol–water partition coefficient (Wildman–Crippen LogP) is 7.18. The minimum atomic E-state index is -4.58. The number of carbonyl (C=O) groups excluding carboxylic acids is 1. The van der Waals surface area contributed by atoms with Gasteiger partial charge in [0.15, 0.2) is 5.76 Å². The Bertz CT molecular complexity index is 1020. The van der Waals surface area contributed by atoms with Gasteiger partial charge in [0, 0.05) is 16.3 Å². The fraction of sp³-hybridized carbons (Fsp3) is 0.0556. The lowest BCUT2D eigenvalue weighted by molar-refractivity contribution is -0.137. The molecule has 1 heterocycles. The van der Waals surface area contributed by atoms with Crippen LogP contribution in [0.3, 0.4) is 0 Å². The molecule has 0 aliphatic carbocycles. The highest BCUT2D eigenvalue weighted by Gasteiger charge is 2.33. The molecule has 0 unspecified atom stereocenters. The Morgan fingerprint density at radius 3 is 2.30 bits per heavy atom. The van der Waals surface area contributed by atoms with Gasteiger partial charge in [0.1, 0.15) is 5.76 Å². The predicted molar refractivity (Wildman–Crippen MR) is 98.6 cm³/mol. The number of nitrogens with one attached hydrogen (secondary N) is 1. The van der Waals surface area contributed by atoms with Crippen LogP contribution in [-0.2, 0) is 6.18 Å². The van der Waals surface area contributed by atoms with Crippen LogP contribution in [0.4, 0.5) is 18.9 Å². The molecule has 1 aromatic heterocycles. The molecule has 9 heteroatoms. The summed E-state index contributed by atoms with van der Waals surface area (Å²) in [5, 5.41) is 2.70. The Morgan fingerprint density at radius 2 is 1.67 bits per heavy atom. The van der Waals surface area contributed by atoms with E-state index >= 15 is 0 Å². The molecule has 27 heavy (non-hydrogen) atoms. The molecule has 0 fully saturated rings. The molecule has 2 aromatic carbocycles. The average Bonchev–Trinajstić information content (AvgIpc) is 3.03. The van der Waals surface area contributed by atoms with Gasteiger partial charge in [0.2, 0.25) is 0 Å². The molecular weight excluding hydrogens is 426 g/mol. The van der Waals surface area contributed by atoms with Crippen molar-refractivity contribution in [3.63, 3.8) is 0 Å². The zero-order valence-electron chi connectivity index (χ0n) is 13.2. The Balaban J connectivity index is 1.80. The number of furan rings is 1. The van der Waals surface area contributed by atoms with Crippen molar-refractivity contribution >= 4 is 46.4 Å². The first-order valence-corrected chi connectivity index (χ1v) is 8.52. The second-order valence-corrected chi connectivity index (χ2v) is 6.69. The summed E-state index contributed by atoms with van der Waals surface area (Å²) in [6.45, 7) is 0. The van der Waals surface area contributed by atoms with Gasteiger partial charge in [-0.15, -0.1) is 0 Å². The normalized spacial score (nSPS) is 11.5. The van der Waals surface area contributed by atoms with E-state index in [0.29, 0.717) is 21.4 Å². The molecular formula is C18H9Cl3F3NO2. The first-order valence-electron chi connectivity index (χ1n) is 7.38. The lowest BCUT2D eigenvalue weighted by Gasteiger charge is -2.10. The third-order valence-electron chi connectivity index (χ3n) is 3.56. The molecule has 140 valence electrons. The van der Waals surface area contributed by atoms with Crippen LogP contribution in [0.15, 0.2) is 52.9 Å². The first kappa shape index (κ1) is 19.6. The fourth-order valence-electron chi connectivity index (χ4n) is 2.31. The number of alkyl halides is 3.